The fourth-order valence-electron chi connectivity index (χ4n) is 4.25. The summed E-state index contributed by atoms with van der Waals surface area (Å²) in [6.45, 7) is 1.93. The van der Waals surface area contributed by atoms with Crippen LogP contribution in [0.2, 0.25) is 0 Å². The summed E-state index contributed by atoms with van der Waals surface area (Å²) in [6.07, 6.45) is 6.16. The summed E-state index contributed by atoms with van der Waals surface area (Å²) in [6, 6.07) is 14.8. The van der Waals surface area contributed by atoms with E-state index in [1.54, 1.807) is 19.2 Å². The summed E-state index contributed by atoms with van der Waals surface area (Å²) in [5, 5.41) is 8.50. The van der Waals surface area contributed by atoms with E-state index in [0.29, 0.717) is 6.10 Å². The fraction of sp³-hybridized carbons (Fsp3) is 0.250. The predicted octanol–water partition coefficient (Wildman–Crippen LogP) is 5.05. The van der Waals surface area contributed by atoms with Crippen molar-refractivity contribution in [2.75, 3.05) is 25.1 Å². The number of hydrogen-bond acceptors (Lipinski definition) is 4. The average Bonchev–Trinajstić information content (AvgIpc) is 3.29. The third kappa shape index (κ3) is 3.44. The van der Waals surface area contributed by atoms with Crippen LogP contribution in [0.15, 0.2) is 60.9 Å². The number of methoxy groups -OCH3 is 1. The van der Waals surface area contributed by atoms with Crippen LogP contribution in [0.3, 0.4) is 0 Å². The highest BCUT2D eigenvalue weighted by Crippen LogP contribution is 2.35. The lowest BCUT2D eigenvalue weighted by Crippen LogP contribution is -2.36. The zero-order valence-electron chi connectivity index (χ0n) is 16.8. The first-order chi connectivity index (χ1) is 14.7. The molecule has 0 saturated carbocycles. The summed E-state index contributed by atoms with van der Waals surface area (Å²) in [5.74, 6) is -0.255. The number of ether oxygens (including phenoxy) is 1. The number of aromatic amines is 1. The molecule has 1 aliphatic rings. The van der Waals surface area contributed by atoms with Crippen molar-refractivity contribution in [1.82, 2.24) is 15.2 Å². The Labute approximate surface area is 174 Å². The Hall–Kier alpha value is -3.25. The Morgan fingerprint density at radius 3 is 2.57 bits per heavy atom. The van der Waals surface area contributed by atoms with Gasteiger partial charge in [-0.05, 0) is 60.9 Å². The van der Waals surface area contributed by atoms with E-state index in [4.69, 9.17) is 4.74 Å². The molecule has 0 atom stereocenters. The normalized spacial score (nSPS) is 15.1. The third-order valence-electron chi connectivity index (χ3n) is 5.90. The molecular weight excluding hydrogens is 379 g/mol. The molecule has 0 amide bonds. The molecule has 152 valence electrons. The van der Waals surface area contributed by atoms with Crippen molar-refractivity contribution < 1.29 is 9.13 Å². The number of H-pyrrole nitrogens is 1. The molecule has 0 bridgehead atoms. The van der Waals surface area contributed by atoms with Crippen molar-refractivity contribution in [3.05, 3.63) is 66.7 Å². The highest BCUT2D eigenvalue weighted by atomic mass is 19.1. The Kier molecular flexibility index (Phi) is 4.93. The molecule has 1 aliphatic heterocycles. The minimum atomic E-state index is -0.255. The second-order valence-electron chi connectivity index (χ2n) is 7.64. The van der Waals surface area contributed by atoms with Crippen molar-refractivity contribution in [3.63, 3.8) is 0 Å². The minimum absolute atomic E-state index is 0.255. The van der Waals surface area contributed by atoms with Crippen LogP contribution in [-0.2, 0) is 4.74 Å². The summed E-state index contributed by atoms with van der Waals surface area (Å²) in [5.41, 5.74) is 5.88. The first kappa shape index (κ1) is 18.8. The SMILES string of the molecule is COC1CCN(c2ccnc3ccc(-c4c[nH]nc4-c4ccc(F)cc4)cc23)CC1. The summed E-state index contributed by atoms with van der Waals surface area (Å²) in [7, 11) is 1.79. The van der Waals surface area contributed by atoms with Gasteiger partial charge in [-0.3, -0.25) is 10.1 Å². The maximum atomic E-state index is 13.3. The average molecular weight is 402 g/mol. The smallest absolute Gasteiger partial charge is 0.123 e. The van der Waals surface area contributed by atoms with E-state index in [9.17, 15) is 4.39 Å². The number of rotatable bonds is 4. The number of pyridine rings is 1. The Morgan fingerprint density at radius 1 is 1.03 bits per heavy atom. The number of aromatic nitrogens is 3. The lowest BCUT2D eigenvalue weighted by atomic mass is 9.99. The van der Waals surface area contributed by atoms with E-state index in [1.165, 1.54) is 17.8 Å². The lowest BCUT2D eigenvalue weighted by molar-refractivity contribution is 0.0819. The van der Waals surface area contributed by atoms with Gasteiger partial charge in [-0.15, -0.1) is 0 Å². The highest BCUT2D eigenvalue weighted by Gasteiger charge is 2.21. The van der Waals surface area contributed by atoms with Gasteiger partial charge in [-0.1, -0.05) is 6.07 Å². The number of anilines is 1. The van der Waals surface area contributed by atoms with E-state index in [1.807, 2.05) is 12.4 Å². The Morgan fingerprint density at radius 2 is 1.80 bits per heavy atom. The Balaban J connectivity index is 1.55. The third-order valence-corrected chi connectivity index (χ3v) is 5.90. The molecule has 2 aromatic heterocycles. The number of hydrogen-bond donors (Lipinski definition) is 1. The molecule has 1 saturated heterocycles. The van der Waals surface area contributed by atoms with Crippen molar-refractivity contribution in [2.24, 2.45) is 0 Å². The highest BCUT2D eigenvalue weighted by molar-refractivity contribution is 5.96. The topological polar surface area (TPSA) is 54.0 Å². The zero-order chi connectivity index (χ0) is 20.5. The number of halogens is 1. The standard InChI is InChI=1S/C24H23FN4O/c1-30-19-9-12-29(13-10-19)23-8-11-26-22-7-4-17(14-20(22)23)21-15-27-28-24(21)16-2-5-18(25)6-3-16/h2-8,11,14-15,19H,9-10,12-13H2,1H3,(H,27,28). The molecule has 1 fully saturated rings. The van der Waals surface area contributed by atoms with Crippen LogP contribution in [0.4, 0.5) is 10.1 Å². The van der Waals surface area contributed by atoms with Gasteiger partial charge in [0, 0.05) is 54.8 Å². The monoisotopic (exact) mass is 402 g/mol. The second kappa shape index (κ2) is 7.88. The van der Waals surface area contributed by atoms with Gasteiger partial charge in [0.1, 0.15) is 5.82 Å². The van der Waals surface area contributed by atoms with Gasteiger partial charge in [0.15, 0.2) is 0 Å². The summed E-state index contributed by atoms with van der Waals surface area (Å²) >= 11 is 0. The van der Waals surface area contributed by atoms with Crippen LogP contribution in [-0.4, -0.2) is 41.5 Å². The first-order valence-corrected chi connectivity index (χ1v) is 10.2. The molecule has 0 radical (unpaired) electrons. The lowest BCUT2D eigenvalue weighted by Gasteiger charge is -2.33. The molecule has 4 aromatic rings. The number of benzene rings is 2. The molecule has 0 unspecified atom stereocenters. The first-order valence-electron chi connectivity index (χ1n) is 10.2. The second-order valence-corrected chi connectivity index (χ2v) is 7.64. The van der Waals surface area contributed by atoms with Crippen LogP contribution in [0, 0.1) is 5.82 Å². The van der Waals surface area contributed by atoms with E-state index in [0.717, 1.165) is 59.2 Å². The number of nitrogens with one attached hydrogen (secondary N) is 1. The van der Waals surface area contributed by atoms with Crippen LogP contribution >= 0.6 is 0 Å². The molecule has 0 aliphatic carbocycles. The van der Waals surface area contributed by atoms with Gasteiger partial charge in [0.25, 0.3) is 0 Å². The zero-order valence-corrected chi connectivity index (χ0v) is 16.8. The van der Waals surface area contributed by atoms with E-state index < -0.39 is 0 Å². The quantitative estimate of drug-likeness (QED) is 0.519. The van der Waals surface area contributed by atoms with Crippen LogP contribution in [0.25, 0.3) is 33.3 Å². The number of piperidine rings is 1. The molecule has 2 aromatic carbocycles. The molecule has 5 nitrogen and oxygen atoms in total. The summed E-state index contributed by atoms with van der Waals surface area (Å²) in [4.78, 5) is 6.98. The maximum Gasteiger partial charge on any atom is 0.123 e. The van der Waals surface area contributed by atoms with E-state index >= 15 is 0 Å². The molecule has 1 N–H and O–H groups in total. The van der Waals surface area contributed by atoms with E-state index in [2.05, 4.69) is 44.3 Å². The molecule has 30 heavy (non-hydrogen) atoms. The van der Waals surface area contributed by atoms with Gasteiger partial charge in [0.05, 0.1) is 17.3 Å². The molecule has 5 rings (SSSR count). The fourth-order valence-corrected chi connectivity index (χ4v) is 4.25. The van der Waals surface area contributed by atoms with Crippen LogP contribution < -0.4 is 4.90 Å². The Bertz CT molecular complexity index is 1160. The molecule has 6 heteroatoms. The molecule has 3 heterocycles. The van der Waals surface area contributed by atoms with Gasteiger partial charge in [-0.2, -0.15) is 5.10 Å². The van der Waals surface area contributed by atoms with Gasteiger partial charge < -0.3 is 9.64 Å². The number of nitrogens with zero attached hydrogens (tertiary/aromatic N) is 3. The van der Waals surface area contributed by atoms with Crippen molar-refractivity contribution in [3.8, 4) is 22.4 Å². The number of fused-ring (bicyclic) bond motifs is 1. The molecular formula is C24H23FN4O. The minimum Gasteiger partial charge on any atom is -0.381 e. The van der Waals surface area contributed by atoms with Gasteiger partial charge >= 0.3 is 0 Å². The van der Waals surface area contributed by atoms with Crippen molar-refractivity contribution >= 4 is 16.6 Å². The van der Waals surface area contributed by atoms with Crippen LogP contribution in [0.1, 0.15) is 12.8 Å². The van der Waals surface area contributed by atoms with Crippen molar-refractivity contribution in [2.45, 2.75) is 18.9 Å². The van der Waals surface area contributed by atoms with Gasteiger partial charge in [0.2, 0.25) is 0 Å². The maximum absolute atomic E-state index is 13.3. The van der Waals surface area contributed by atoms with E-state index in [-0.39, 0.29) is 5.82 Å². The molecule has 0 spiro atoms. The largest absolute Gasteiger partial charge is 0.381 e. The van der Waals surface area contributed by atoms with Gasteiger partial charge in [-0.25, -0.2) is 4.39 Å². The van der Waals surface area contributed by atoms with Crippen molar-refractivity contribution in [1.29, 1.82) is 0 Å². The predicted molar refractivity (Wildman–Crippen MR) is 117 cm³/mol. The van der Waals surface area contributed by atoms with Crippen LogP contribution in [0.5, 0.6) is 0 Å². The summed E-state index contributed by atoms with van der Waals surface area (Å²) < 4.78 is 18.9.